The van der Waals surface area contributed by atoms with Gasteiger partial charge in [-0.3, -0.25) is 0 Å². The van der Waals surface area contributed by atoms with Gasteiger partial charge in [0.25, 0.3) is 0 Å². The van der Waals surface area contributed by atoms with E-state index in [0.717, 1.165) is 17.9 Å². The molecule has 0 atom stereocenters. The average Bonchev–Trinajstić information content (AvgIpc) is 2.48. The molecule has 2 aromatic rings. The molecular formula is C14H18N4O2. The van der Waals surface area contributed by atoms with Crippen LogP contribution in [0.2, 0.25) is 0 Å². The predicted octanol–water partition coefficient (Wildman–Crippen LogP) is 2.38. The summed E-state index contributed by atoms with van der Waals surface area (Å²) in [6, 6.07) is 7.88. The molecule has 0 unspecified atom stereocenters. The van der Waals surface area contributed by atoms with Crippen molar-refractivity contribution in [3.63, 3.8) is 0 Å². The molecule has 2 rings (SSSR count). The fraction of sp³-hybridized carbons (Fsp3) is 0.357. The highest BCUT2D eigenvalue weighted by atomic mass is 16.5. The van der Waals surface area contributed by atoms with Crippen molar-refractivity contribution < 1.29 is 9.47 Å². The van der Waals surface area contributed by atoms with E-state index in [1.807, 2.05) is 38.1 Å². The molecule has 0 bridgehead atoms. The highest BCUT2D eigenvalue weighted by molar-refractivity contribution is 5.58. The van der Waals surface area contributed by atoms with Crippen LogP contribution in [0.4, 0.5) is 5.95 Å². The Labute approximate surface area is 118 Å². The highest BCUT2D eigenvalue weighted by Crippen LogP contribution is 2.22. The van der Waals surface area contributed by atoms with Crippen molar-refractivity contribution in [2.75, 3.05) is 25.6 Å². The second-order valence-electron chi connectivity index (χ2n) is 3.96. The lowest BCUT2D eigenvalue weighted by atomic mass is 10.2. The number of rotatable bonds is 6. The maximum absolute atomic E-state index is 5.38. The first kappa shape index (κ1) is 14.0. The lowest BCUT2D eigenvalue weighted by Gasteiger charge is -2.08. The van der Waals surface area contributed by atoms with Gasteiger partial charge in [-0.1, -0.05) is 12.1 Å². The first-order valence-corrected chi connectivity index (χ1v) is 6.54. The van der Waals surface area contributed by atoms with Crippen molar-refractivity contribution in [1.29, 1.82) is 0 Å². The zero-order valence-electron chi connectivity index (χ0n) is 11.9. The monoisotopic (exact) mass is 274 g/mol. The van der Waals surface area contributed by atoms with Crippen molar-refractivity contribution in [3.05, 3.63) is 24.3 Å². The summed E-state index contributed by atoms with van der Waals surface area (Å²) in [4.78, 5) is 12.9. The van der Waals surface area contributed by atoms with Gasteiger partial charge in [-0.2, -0.15) is 15.0 Å². The number of benzene rings is 1. The fourth-order valence-electron chi connectivity index (χ4n) is 1.68. The number of ether oxygens (including phenoxy) is 2. The molecule has 20 heavy (non-hydrogen) atoms. The van der Waals surface area contributed by atoms with Gasteiger partial charge >= 0.3 is 6.01 Å². The summed E-state index contributed by atoms with van der Waals surface area (Å²) in [7, 11) is 1.63. The van der Waals surface area contributed by atoms with E-state index in [0.29, 0.717) is 24.4 Å². The number of methoxy groups -OCH3 is 1. The molecule has 1 aromatic heterocycles. The molecule has 0 spiro atoms. The van der Waals surface area contributed by atoms with Crippen molar-refractivity contribution in [2.45, 2.75) is 13.8 Å². The van der Waals surface area contributed by atoms with Crippen LogP contribution in [0.3, 0.4) is 0 Å². The first-order chi connectivity index (χ1) is 9.76. The van der Waals surface area contributed by atoms with E-state index in [1.165, 1.54) is 0 Å². The Kier molecular flexibility index (Phi) is 4.70. The quantitative estimate of drug-likeness (QED) is 0.872. The van der Waals surface area contributed by atoms with Gasteiger partial charge in [-0.15, -0.1) is 0 Å². The average molecular weight is 274 g/mol. The van der Waals surface area contributed by atoms with E-state index in [9.17, 15) is 0 Å². The van der Waals surface area contributed by atoms with Crippen LogP contribution < -0.4 is 14.8 Å². The molecule has 6 nitrogen and oxygen atoms in total. The molecule has 1 aromatic carbocycles. The van der Waals surface area contributed by atoms with Crippen molar-refractivity contribution in [1.82, 2.24) is 15.0 Å². The molecule has 1 N–H and O–H groups in total. The van der Waals surface area contributed by atoms with Gasteiger partial charge in [0.2, 0.25) is 5.95 Å². The van der Waals surface area contributed by atoms with Gasteiger partial charge < -0.3 is 14.8 Å². The van der Waals surface area contributed by atoms with Crippen LogP contribution >= 0.6 is 0 Å². The van der Waals surface area contributed by atoms with Crippen LogP contribution in [0, 0.1) is 0 Å². The van der Waals surface area contributed by atoms with E-state index in [-0.39, 0.29) is 0 Å². The van der Waals surface area contributed by atoms with E-state index in [4.69, 9.17) is 9.47 Å². The van der Waals surface area contributed by atoms with Crippen molar-refractivity contribution in [3.8, 4) is 23.1 Å². The minimum atomic E-state index is 0.316. The third kappa shape index (κ3) is 3.34. The Morgan fingerprint density at radius 1 is 1.15 bits per heavy atom. The largest absolute Gasteiger partial charge is 0.497 e. The topological polar surface area (TPSA) is 69.2 Å². The molecule has 106 valence electrons. The molecule has 6 heteroatoms. The van der Waals surface area contributed by atoms with Crippen LogP contribution in [0.15, 0.2) is 24.3 Å². The van der Waals surface area contributed by atoms with Crippen LogP contribution in [-0.4, -0.2) is 35.2 Å². The Bertz CT molecular complexity index is 551. The second kappa shape index (κ2) is 6.70. The highest BCUT2D eigenvalue weighted by Gasteiger charge is 2.09. The van der Waals surface area contributed by atoms with Gasteiger partial charge in [0, 0.05) is 12.1 Å². The molecule has 1 heterocycles. The van der Waals surface area contributed by atoms with E-state index < -0.39 is 0 Å². The molecule has 0 aliphatic heterocycles. The number of hydrogen-bond donors (Lipinski definition) is 1. The second-order valence-corrected chi connectivity index (χ2v) is 3.96. The molecule has 0 amide bonds. The summed E-state index contributed by atoms with van der Waals surface area (Å²) >= 11 is 0. The van der Waals surface area contributed by atoms with Crippen LogP contribution in [-0.2, 0) is 0 Å². The van der Waals surface area contributed by atoms with Gasteiger partial charge in [-0.25, -0.2) is 0 Å². The van der Waals surface area contributed by atoms with Crippen LogP contribution in [0.1, 0.15) is 13.8 Å². The van der Waals surface area contributed by atoms with Crippen LogP contribution in [0.25, 0.3) is 11.4 Å². The standard InChI is InChI=1S/C14H18N4O2/c1-4-15-13-16-12(17-14(18-13)20-5-2)10-7-6-8-11(9-10)19-3/h6-9H,4-5H2,1-3H3,(H,15,16,17,18). The van der Waals surface area contributed by atoms with E-state index in [1.54, 1.807) is 7.11 Å². The molecular weight excluding hydrogens is 256 g/mol. The van der Waals surface area contributed by atoms with Gasteiger partial charge in [0.15, 0.2) is 5.82 Å². The Balaban J connectivity index is 2.42. The zero-order chi connectivity index (χ0) is 14.4. The normalized spacial score (nSPS) is 10.2. The Hall–Kier alpha value is -2.37. The lowest BCUT2D eigenvalue weighted by molar-refractivity contribution is 0.312. The third-order valence-corrected chi connectivity index (χ3v) is 2.55. The summed E-state index contributed by atoms with van der Waals surface area (Å²) in [5, 5.41) is 3.07. The van der Waals surface area contributed by atoms with E-state index in [2.05, 4.69) is 20.3 Å². The summed E-state index contributed by atoms with van der Waals surface area (Å²) in [6.07, 6.45) is 0. The molecule has 0 saturated heterocycles. The smallest absolute Gasteiger partial charge is 0.321 e. The third-order valence-electron chi connectivity index (χ3n) is 2.55. The lowest BCUT2D eigenvalue weighted by Crippen LogP contribution is -2.07. The number of aromatic nitrogens is 3. The number of anilines is 1. The number of nitrogens with zero attached hydrogens (tertiary/aromatic N) is 3. The van der Waals surface area contributed by atoms with Gasteiger partial charge in [0.1, 0.15) is 5.75 Å². The van der Waals surface area contributed by atoms with Gasteiger partial charge in [-0.05, 0) is 26.0 Å². The maximum atomic E-state index is 5.38. The SMILES string of the molecule is CCNc1nc(OCC)nc(-c2cccc(OC)c2)n1. The van der Waals surface area contributed by atoms with Gasteiger partial charge in [0.05, 0.1) is 13.7 Å². The summed E-state index contributed by atoms with van der Waals surface area (Å²) in [6.45, 7) is 5.11. The Morgan fingerprint density at radius 2 is 2.00 bits per heavy atom. The van der Waals surface area contributed by atoms with E-state index >= 15 is 0 Å². The minimum Gasteiger partial charge on any atom is -0.497 e. The maximum Gasteiger partial charge on any atom is 0.321 e. The van der Waals surface area contributed by atoms with Crippen molar-refractivity contribution >= 4 is 5.95 Å². The predicted molar refractivity (Wildman–Crippen MR) is 77.1 cm³/mol. The molecule has 0 saturated carbocycles. The molecule has 0 radical (unpaired) electrons. The number of nitrogens with one attached hydrogen (secondary N) is 1. The summed E-state index contributed by atoms with van der Waals surface area (Å²) in [5.74, 6) is 1.81. The Morgan fingerprint density at radius 3 is 2.70 bits per heavy atom. The first-order valence-electron chi connectivity index (χ1n) is 6.54. The fourth-order valence-corrected chi connectivity index (χ4v) is 1.68. The summed E-state index contributed by atoms with van der Waals surface area (Å²) < 4.78 is 10.6. The van der Waals surface area contributed by atoms with Crippen molar-refractivity contribution in [2.24, 2.45) is 0 Å². The summed E-state index contributed by atoms with van der Waals surface area (Å²) in [5.41, 5.74) is 0.854. The van der Waals surface area contributed by atoms with Crippen LogP contribution in [0.5, 0.6) is 11.8 Å². The molecule has 0 aliphatic carbocycles. The molecule has 0 aliphatic rings. The number of hydrogen-bond acceptors (Lipinski definition) is 6. The minimum absolute atomic E-state index is 0.316. The molecule has 0 fully saturated rings. The zero-order valence-corrected chi connectivity index (χ0v) is 11.9.